The minimum absolute atomic E-state index is 0.0242. The third kappa shape index (κ3) is 7.92. The summed E-state index contributed by atoms with van der Waals surface area (Å²) in [7, 11) is -8.65. The van der Waals surface area contributed by atoms with Crippen LogP contribution in [0.25, 0.3) is 0 Å². The van der Waals surface area contributed by atoms with E-state index < -0.39 is 55.1 Å². The van der Waals surface area contributed by atoms with Gasteiger partial charge in [-0.1, -0.05) is 18.2 Å². The Bertz CT molecular complexity index is 1610. The number of hydrogen-bond acceptors (Lipinski definition) is 6. The van der Waals surface area contributed by atoms with Crippen molar-refractivity contribution in [3.8, 4) is 0 Å². The van der Waals surface area contributed by atoms with Gasteiger partial charge in [0.05, 0.1) is 33.5 Å². The Morgan fingerprint density at radius 3 is 2.13 bits per heavy atom. The van der Waals surface area contributed by atoms with Crippen molar-refractivity contribution in [2.75, 3.05) is 4.72 Å². The summed E-state index contributed by atoms with van der Waals surface area (Å²) < 4.78 is 94.4. The zero-order valence-electron chi connectivity index (χ0n) is 19.8. The Morgan fingerprint density at radius 2 is 1.54 bits per heavy atom. The number of aliphatic imine (C=N–C) groups is 1. The topological polar surface area (TPSA) is 194 Å². The molecular weight excluding hydrogens is 563 g/mol. The quantitative estimate of drug-likeness (QED) is 0.177. The van der Waals surface area contributed by atoms with Crippen LogP contribution in [0.2, 0.25) is 0 Å². The fourth-order valence-corrected chi connectivity index (χ4v) is 5.70. The van der Waals surface area contributed by atoms with Gasteiger partial charge in [0, 0.05) is 5.69 Å². The van der Waals surface area contributed by atoms with E-state index in [9.17, 15) is 39.9 Å². The highest BCUT2D eigenvalue weighted by Gasteiger charge is 2.31. The van der Waals surface area contributed by atoms with E-state index in [0.29, 0.717) is 12.1 Å². The lowest BCUT2D eigenvalue weighted by Gasteiger charge is -2.19. The summed E-state index contributed by atoms with van der Waals surface area (Å²) in [5, 5.41) is 9.33. The molecule has 0 spiro atoms. The number of rotatable bonds is 10. The molecule has 0 aromatic heterocycles. The van der Waals surface area contributed by atoms with Crippen LogP contribution in [0.5, 0.6) is 0 Å². The average Bonchev–Trinajstić information content (AvgIpc) is 2.82. The van der Waals surface area contributed by atoms with Crippen molar-refractivity contribution >= 4 is 43.4 Å². The van der Waals surface area contributed by atoms with E-state index in [4.69, 9.17) is 11.5 Å². The largest absolute Gasteiger partial charge is 0.481 e. The highest BCUT2D eigenvalue weighted by atomic mass is 32.2. The van der Waals surface area contributed by atoms with E-state index in [1.165, 1.54) is 48.5 Å². The number of benzene rings is 3. The molecule has 16 heteroatoms. The normalized spacial score (nSPS) is 12.9. The molecule has 3 aromatic carbocycles. The molecule has 0 amide bonds. The highest BCUT2D eigenvalue weighted by Crippen LogP contribution is 2.30. The first-order chi connectivity index (χ1) is 18.1. The first-order valence-corrected chi connectivity index (χ1v) is 13.8. The van der Waals surface area contributed by atoms with Gasteiger partial charge in [0.2, 0.25) is 10.0 Å². The summed E-state index contributed by atoms with van der Waals surface area (Å²) in [6, 6.07) is 11.9. The molecule has 3 rings (SSSR count). The zero-order chi connectivity index (χ0) is 29.0. The lowest BCUT2D eigenvalue weighted by molar-refractivity contribution is -0.138. The number of alkyl halides is 3. The Hall–Kier alpha value is -4.15. The second-order valence-corrected chi connectivity index (χ2v) is 11.5. The first kappa shape index (κ1) is 29.4. The summed E-state index contributed by atoms with van der Waals surface area (Å²) in [4.78, 5) is 14.5. The van der Waals surface area contributed by atoms with Crippen molar-refractivity contribution in [1.82, 2.24) is 4.72 Å². The molecule has 11 nitrogen and oxygen atoms in total. The van der Waals surface area contributed by atoms with Gasteiger partial charge >= 0.3 is 12.1 Å². The fraction of sp³-hybridized carbons (Fsp3) is 0.130. The van der Waals surface area contributed by atoms with Gasteiger partial charge in [-0.15, -0.1) is 0 Å². The van der Waals surface area contributed by atoms with Gasteiger partial charge in [-0.05, 0) is 60.2 Å². The molecule has 0 saturated heterocycles. The molecule has 39 heavy (non-hydrogen) atoms. The lowest BCUT2D eigenvalue weighted by atomic mass is 10.0. The number of sulfonamides is 2. The maximum absolute atomic E-state index is 12.9. The predicted octanol–water partition coefficient (Wildman–Crippen LogP) is 2.91. The minimum Gasteiger partial charge on any atom is -0.481 e. The molecule has 0 aliphatic carbocycles. The number of hydrogen-bond donors (Lipinski definition) is 5. The Labute approximate surface area is 221 Å². The van der Waals surface area contributed by atoms with E-state index in [0.717, 1.165) is 12.1 Å². The zero-order valence-corrected chi connectivity index (χ0v) is 21.4. The third-order valence-electron chi connectivity index (χ3n) is 5.10. The van der Waals surface area contributed by atoms with Gasteiger partial charge < -0.3 is 16.6 Å². The maximum atomic E-state index is 12.9. The number of carboxylic acids is 1. The molecule has 0 saturated carbocycles. The van der Waals surface area contributed by atoms with Crippen molar-refractivity contribution in [2.24, 2.45) is 16.5 Å². The van der Waals surface area contributed by atoms with Crippen molar-refractivity contribution in [3.05, 3.63) is 83.9 Å². The van der Waals surface area contributed by atoms with Crippen molar-refractivity contribution in [3.63, 3.8) is 0 Å². The predicted molar refractivity (Wildman–Crippen MR) is 136 cm³/mol. The molecule has 0 aliphatic heterocycles. The van der Waals surface area contributed by atoms with Crippen LogP contribution < -0.4 is 20.9 Å². The number of nitrogens with two attached hydrogens (primary N) is 2. The Kier molecular flexibility index (Phi) is 8.52. The number of halogens is 3. The fourth-order valence-electron chi connectivity index (χ4n) is 3.38. The molecule has 1 unspecified atom stereocenters. The molecule has 0 heterocycles. The molecular formula is C23H22F3N5O6S2. The van der Waals surface area contributed by atoms with E-state index in [2.05, 4.69) is 14.4 Å². The van der Waals surface area contributed by atoms with Crippen molar-refractivity contribution < 1.29 is 39.9 Å². The van der Waals surface area contributed by atoms with E-state index in [1.54, 1.807) is 0 Å². The number of nitrogens with one attached hydrogen (secondary N) is 2. The smallest absolute Gasteiger partial charge is 0.416 e. The van der Waals surface area contributed by atoms with Gasteiger partial charge in [-0.3, -0.25) is 9.52 Å². The van der Waals surface area contributed by atoms with Crippen LogP contribution in [-0.2, 0) is 31.0 Å². The number of nitrogens with zero attached hydrogens (tertiary/aromatic N) is 1. The molecule has 7 N–H and O–H groups in total. The summed E-state index contributed by atoms with van der Waals surface area (Å²) >= 11 is 0. The van der Waals surface area contributed by atoms with Crippen LogP contribution in [0.15, 0.2) is 87.6 Å². The first-order valence-electron chi connectivity index (χ1n) is 10.8. The molecule has 0 aliphatic rings. The third-order valence-corrected chi connectivity index (χ3v) is 7.96. The molecule has 0 fully saturated rings. The van der Waals surface area contributed by atoms with Crippen LogP contribution in [0.4, 0.5) is 24.5 Å². The number of aliphatic carboxylic acids is 1. The van der Waals surface area contributed by atoms with Crippen LogP contribution >= 0.6 is 0 Å². The average molecular weight is 586 g/mol. The molecule has 208 valence electrons. The van der Waals surface area contributed by atoms with Gasteiger partial charge in [-0.2, -0.15) is 13.2 Å². The van der Waals surface area contributed by atoms with Gasteiger partial charge in [0.1, 0.15) is 0 Å². The SMILES string of the molecule is NC(N)=Nc1cccc(S(=O)(=O)Nc2cccc(C(CC(=O)O)NS(=O)(=O)c3ccc(C(F)(F)F)cc3)c2)c1. The van der Waals surface area contributed by atoms with Gasteiger partial charge in [-0.25, -0.2) is 26.6 Å². The number of carbonyl (C=O) groups is 1. The second-order valence-electron chi connectivity index (χ2n) is 8.06. The summed E-state index contributed by atoms with van der Waals surface area (Å²) in [5.74, 6) is -1.67. The molecule has 0 radical (unpaired) electrons. The molecule has 1 atom stereocenters. The van der Waals surface area contributed by atoms with Gasteiger partial charge in [0.25, 0.3) is 10.0 Å². The Balaban J connectivity index is 1.90. The van der Waals surface area contributed by atoms with Crippen LogP contribution in [-0.4, -0.2) is 33.9 Å². The summed E-state index contributed by atoms with van der Waals surface area (Å²) in [6.07, 6.45) is -5.43. The van der Waals surface area contributed by atoms with Crippen LogP contribution in [0.1, 0.15) is 23.6 Å². The highest BCUT2D eigenvalue weighted by molar-refractivity contribution is 7.92. The maximum Gasteiger partial charge on any atom is 0.416 e. The van der Waals surface area contributed by atoms with Crippen LogP contribution in [0.3, 0.4) is 0 Å². The van der Waals surface area contributed by atoms with E-state index in [-0.39, 0.29) is 27.8 Å². The monoisotopic (exact) mass is 585 g/mol. The Morgan fingerprint density at radius 1 is 0.897 bits per heavy atom. The van der Waals surface area contributed by atoms with Crippen molar-refractivity contribution in [2.45, 2.75) is 28.4 Å². The van der Waals surface area contributed by atoms with E-state index >= 15 is 0 Å². The lowest BCUT2D eigenvalue weighted by Crippen LogP contribution is -2.30. The number of guanidine groups is 1. The minimum atomic E-state index is -4.68. The van der Waals surface area contributed by atoms with E-state index in [1.807, 2.05) is 0 Å². The molecule has 0 bridgehead atoms. The molecule has 3 aromatic rings. The standard InChI is InChI=1S/C23H22F3N5O6S2/c24-23(25,26)15-7-9-18(10-8-15)38(34,35)31-20(13-21(32)33)14-3-1-5-17(11-14)30-39(36,37)19-6-2-4-16(12-19)29-22(27)28/h1-12,20,30-31H,13H2,(H,32,33)(H4,27,28,29). The van der Waals surface area contributed by atoms with Crippen molar-refractivity contribution in [1.29, 1.82) is 0 Å². The second kappa shape index (κ2) is 11.3. The van der Waals surface area contributed by atoms with Crippen LogP contribution in [0, 0.1) is 0 Å². The van der Waals surface area contributed by atoms with Gasteiger partial charge in [0.15, 0.2) is 5.96 Å². The summed E-state index contributed by atoms with van der Waals surface area (Å²) in [6.45, 7) is 0. The number of carboxylic acid groups (broad SMARTS) is 1. The summed E-state index contributed by atoms with van der Waals surface area (Å²) in [5.41, 5.74) is 9.79. The number of anilines is 1.